The molecule has 1 N–H and O–H groups in total. The number of anilines is 2. The van der Waals surface area contributed by atoms with Gasteiger partial charge in [0.05, 0.1) is 31.2 Å². The van der Waals surface area contributed by atoms with E-state index in [0.717, 1.165) is 62.0 Å². The van der Waals surface area contributed by atoms with E-state index in [2.05, 4.69) is 15.2 Å². The van der Waals surface area contributed by atoms with E-state index >= 15 is 0 Å². The summed E-state index contributed by atoms with van der Waals surface area (Å²) in [6.45, 7) is 3.60. The van der Waals surface area contributed by atoms with Gasteiger partial charge in [0, 0.05) is 37.4 Å². The summed E-state index contributed by atoms with van der Waals surface area (Å²) in [5.74, 6) is 1.21. The van der Waals surface area contributed by atoms with Gasteiger partial charge in [0.1, 0.15) is 0 Å². The van der Waals surface area contributed by atoms with E-state index in [1.54, 1.807) is 29.5 Å². The first-order chi connectivity index (χ1) is 14.0. The Balaban J connectivity index is 1.44. The van der Waals surface area contributed by atoms with Crippen molar-refractivity contribution < 1.29 is 9.53 Å². The molecular weight excluding hydrogens is 410 g/mol. The minimum atomic E-state index is 0.159. The molecule has 29 heavy (non-hydrogen) atoms. The van der Waals surface area contributed by atoms with Crippen LogP contribution in [-0.2, 0) is 17.8 Å². The molecule has 2 aliphatic rings. The lowest BCUT2D eigenvalue weighted by atomic mass is 9.94. The number of carbonyl (C=O) groups is 1. The molecule has 0 aromatic carbocycles. The van der Waals surface area contributed by atoms with Crippen molar-refractivity contribution >= 4 is 39.7 Å². The van der Waals surface area contributed by atoms with Crippen LogP contribution < -0.4 is 19.9 Å². The molecule has 0 unspecified atom stereocenters. The topological polar surface area (TPSA) is 70.6 Å². The zero-order valence-electron chi connectivity index (χ0n) is 16.8. The van der Waals surface area contributed by atoms with E-state index in [4.69, 9.17) is 21.3 Å². The first kappa shape index (κ1) is 20.4. The molecule has 156 valence electrons. The lowest BCUT2D eigenvalue weighted by molar-refractivity contribution is -0.119. The zero-order chi connectivity index (χ0) is 20.4. The lowest BCUT2D eigenvalue weighted by Crippen LogP contribution is -2.33. The van der Waals surface area contributed by atoms with Gasteiger partial charge < -0.3 is 15.0 Å². The van der Waals surface area contributed by atoms with Gasteiger partial charge in [-0.15, -0.1) is 0 Å². The van der Waals surface area contributed by atoms with E-state index in [1.807, 2.05) is 13.1 Å². The largest absolute Gasteiger partial charge is 0.493 e. The van der Waals surface area contributed by atoms with E-state index in [1.165, 1.54) is 4.88 Å². The van der Waals surface area contributed by atoms with Gasteiger partial charge in [-0.2, -0.15) is 0 Å². The number of hydrogen-bond acceptors (Lipinski definition) is 7. The first-order valence-electron chi connectivity index (χ1n) is 9.95. The Labute approximate surface area is 180 Å². The number of methoxy groups -OCH3 is 1. The third kappa shape index (κ3) is 4.49. The second-order valence-electron chi connectivity index (χ2n) is 7.57. The number of amides is 1. The van der Waals surface area contributed by atoms with Crippen LogP contribution in [0.2, 0.25) is 5.15 Å². The average molecular weight is 436 g/mol. The molecule has 0 spiro atoms. The normalized spacial score (nSPS) is 17.1. The number of piperidine rings is 1. The standard InChI is InChI=1S/C20H26ClN5O2S/c1-25(18(27)9-13-3-6-22-7-4-13)20-24-15-5-8-26(12-17(15)29-20)14-10-16(28-2)19(21)23-11-14/h10-11,13,22H,3-9,12H2,1-2H3. The predicted molar refractivity (Wildman–Crippen MR) is 116 cm³/mol. The minimum Gasteiger partial charge on any atom is -0.493 e. The fraction of sp³-hybridized carbons (Fsp3) is 0.550. The maximum atomic E-state index is 12.7. The van der Waals surface area contributed by atoms with Crippen molar-refractivity contribution in [3.8, 4) is 5.75 Å². The van der Waals surface area contributed by atoms with Gasteiger partial charge in [-0.05, 0) is 31.8 Å². The monoisotopic (exact) mass is 435 g/mol. The van der Waals surface area contributed by atoms with Crippen LogP contribution in [-0.4, -0.2) is 49.7 Å². The third-order valence-corrected chi connectivity index (χ3v) is 7.12. The highest BCUT2D eigenvalue weighted by molar-refractivity contribution is 7.16. The number of halogens is 1. The Hall–Kier alpha value is -1.90. The minimum absolute atomic E-state index is 0.159. The molecule has 0 bridgehead atoms. The fourth-order valence-corrected chi connectivity index (χ4v) is 5.14. The summed E-state index contributed by atoms with van der Waals surface area (Å²) >= 11 is 7.66. The molecule has 0 aliphatic carbocycles. The number of pyridine rings is 1. The molecule has 2 aliphatic heterocycles. The van der Waals surface area contributed by atoms with Crippen molar-refractivity contribution in [1.82, 2.24) is 15.3 Å². The van der Waals surface area contributed by atoms with Crippen molar-refractivity contribution in [3.63, 3.8) is 0 Å². The van der Waals surface area contributed by atoms with Crippen LogP contribution in [0.25, 0.3) is 0 Å². The highest BCUT2D eigenvalue weighted by Gasteiger charge is 2.26. The molecule has 1 fully saturated rings. The number of fused-ring (bicyclic) bond motifs is 1. The van der Waals surface area contributed by atoms with Crippen LogP contribution in [0.5, 0.6) is 5.75 Å². The Bertz CT molecular complexity index is 884. The van der Waals surface area contributed by atoms with Gasteiger partial charge in [-0.25, -0.2) is 9.97 Å². The van der Waals surface area contributed by atoms with E-state index in [-0.39, 0.29) is 5.91 Å². The fourth-order valence-electron chi connectivity index (χ4n) is 3.86. The average Bonchev–Trinajstić information content (AvgIpc) is 3.17. The quantitative estimate of drug-likeness (QED) is 0.727. The van der Waals surface area contributed by atoms with Gasteiger partial charge >= 0.3 is 0 Å². The van der Waals surface area contributed by atoms with Crippen molar-refractivity contribution in [2.45, 2.75) is 32.2 Å². The van der Waals surface area contributed by atoms with Crippen molar-refractivity contribution in [2.75, 3.05) is 43.6 Å². The molecular formula is C20H26ClN5O2S. The summed E-state index contributed by atoms with van der Waals surface area (Å²) in [7, 11) is 3.44. The number of hydrogen-bond donors (Lipinski definition) is 1. The highest BCUT2D eigenvalue weighted by Crippen LogP contribution is 2.34. The number of carbonyl (C=O) groups excluding carboxylic acids is 1. The van der Waals surface area contributed by atoms with Crippen LogP contribution in [0.3, 0.4) is 0 Å². The third-order valence-electron chi connectivity index (χ3n) is 5.68. The van der Waals surface area contributed by atoms with Crippen molar-refractivity contribution in [2.24, 2.45) is 5.92 Å². The molecule has 0 saturated carbocycles. The highest BCUT2D eigenvalue weighted by atomic mass is 35.5. The van der Waals surface area contributed by atoms with E-state index in [9.17, 15) is 4.79 Å². The summed E-state index contributed by atoms with van der Waals surface area (Å²) in [6.07, 6.45) is 5.35. The summed E-state index contributed by atoms with van der Waals surface area (Å²) in [5, 5.41) is 4.51. The summed E-state index contributed by atoms with van der Waals surface area (Å²) < 4.78 is 5.29. The van der Waals surface area contributed by atoms with Gasteiger partial charge in [0.25, 0.3) is 0 Å². The summed E-state index contributed by atoms with van der Waals surface area (Å²) in [5.41, 5.74) is 2.07. The smallest absolute Gasteiger partial charge is 0.228 e. The molecule has 4 heterocycles. The number of rotatable bonds is 5. The number of aromatic nitrogens is 2. The maximum absolute atomic E-state index is 12.7. The van der Waals surface area contributed by atoms with Crippen LogP contribution in [0, 0.1) is 5.92 Å². The van der Waals surface area contributed by atoms with Gasteiger partial charge in [-0.1, -0.05) is 22.9 Å². The van der Waals surface area contributed by atoms with E-state index in [0.29, 0.717) is 23.2 Å². The van der Waals surface area contributed by atoms with Crippen molar-refractivity contribution in [1.29, 1.82) is 0 Å². The first-order valence-corrected chi connectivity index (χ1v) is 11.1. The van der Waals surface area contributed by atoms with Crippen LogP contribution in [0.4, 0.5) is 10.8 Å². The van der Waals surface area contributed by atoms with Gasteiger partial charge in [0.15, 0.2) is 16.0 Å². The molecule has 2 aromatic heterocycles. The van der Waals surface area contributed by atoms with Crippen LogP contribution in [0.15, 0.2) is 12.3 Å². The second-order valence-corrected chi connectivity index (χ2v) is 8.99. The molecule has 4 rings (SSSR count). The Kier molecular flexibility index (Phi) is 6.22. The number of thiazole rings is 1. The SMILES string of the molecule is COc1cc(N2CCc3nc(N(C)C(=O)CC4CCNCC4)sc3C2)cnc1Cl. The molecule has 7 nitrogen and oxygen atoms in total. The molecule has 0 radical (unpaired) electrons. The van der Waals surface area contributed by atoms with Gasteiger partial charge in [0.2, 0.25) is 5.91 Å². The van der Waals surface area contributed by atoms with Crippen LogP contribution >= 0.6 is 22.9 Å². The maximum Gasteiger partial charge on any atom is 0.228 e. The Morgan fingerprint density at radius 2 is 2.24 bits per heavy atom. The summed E-state index contributed by atoms with van der Waals surface area (Å²) in [6, 6.07) is 1.91. The molecule has 9 heteroatoms. The Morgan fingerprint density at radius 1 is 1.45 bits per heavy atom. The predicted octanol–water partition coefficient (Wildman–Crippen LogP) is 3.12. The molecule has 2 aromatic rings. The van der Waals surface area contributed by atoms with Gasteiger partial charge in [-0.3, -0.25) is 9.69 Å². The molecule has 1 saturated heterocycles. The zero-order valence-corrected chi connectivity index (χ0v) is 18.4. The number of nitrogens with zero attached hydrogens (tertiary/aromatic N) is 4. The Morgan fingerprint density at radius 3 is 3.00 bits per heavy atom. The summed E-state index contributed by atoms with van der Waals surface area (Å²) in [4.78, 5) is 26.9. The van der Waals surface area contributed by atoms with Crippen molar-refractivity contribution in [3.05, 3.63) is 28.0 Å². The number of nitrogens with one attached hydrogen (secondary N) is 1. The lowest BCUT2D eigenvalue weighted by Gasteiger charge is -2.28. The molecule has 1 amide bonds. The number of ether oxygens (including phenoxy) is 1. The second kappa shape index (κ2) is 8.85. The van der Waals surface area contributed by atoms with E-state index < -0.39 is 0 Å². The van der Waals surface area contributed by atoms with Crippen LogP contribution in [0.1, 0.15) is 29.8 Å². The molecule has 0 atom stereocenters.